The Bertz CT molecular complexity index is 1120. The average Bonchev–Trinajstić information content (AvgIpc) is 3.23. The molecule has 0 atom stereocenters. The van der Waals surface area contributed by atoms with Crippen molar-refractivity contribution in [3.05, 3.63) is 46.5 Å². The van der Waals surface area contributed by atoms with E-state index in [9.17, 15) is 14.9 Å². The Balaban J connectivity index is 1.27. The minimum Gasteiger partial charge on any atom is -0.486 e. The molecular formula is C21H20N4O6. The molecule has 3 heterocycles. The summed E-state index contributed by atoms with van der Waals surface area (Å²) in [7, 11) is 0. The van der Waals surface area contributed by atoms with Gasteiger partial charge in [-0.15, -0.1) is 0 Å². The summed E-state index contributed by atoms with van der Waals surface area (Å²) in [6, 6.07) is 10.8. The number of nitrogens with one attached hydrogen (secondary N) is 1. The summed E-state index contributed by atoms with van der Waals surface area (Å²) in [5.74, 6) is 0.172. The normalized spacial score (nSPS) is 16.3. The molecule has 10 nitrogen and oxygen atoms in total. The number of nitro benzene ring substituents is 1. The van der Waals surface area contributed by atoms with Crippen LogP contribution in [0.2, 0.25) is 0 Å². The minimum atomic E-state index is -0.538. The summed E-state index contributed by atoms with van der Waals surface area (Å²) in [5, 5.41) is 14.2. The molecule has 1 fully saturated rings. The van der Waals surface area contributed by atoms with Crippen LogP contribution in [0.1, 0.15) is 12.8 Å². The Morgan fingerprint density at radius 2 is 1.84 bits per heavy atom. The van der Waals surface area contributed by atoms with Gasteiger partial charge >= 0.3 is 0 Å². The zero-order valence-electron chi connectivity index (χ0n) is 16.6. The van der Waals surface area contributed by atoms with Crippen molar-refractivity contribution in [2.45, 2.75) is 12.8 Å². The maximum Gasteiger partial charge on any atom is 0.298 e. The van der Waals surface area contributed by atoms with Gasteiger partial charge < -0.3 is 24.1 Å². The van der Waals surface area contributed by atoms with Gasteiger partial charge in [-0.05, 0) is 25.0 Å². The van der Waals surface area contributed by atoms with E-state index >= 15 is 0 Å². The number of amides is 1. The highest BCUT2D eigenvalue weighted by atomic mass is 16.6. The largest absolute Gasteiger partial charge is 0.486 e. The van der Waals surface area contributed by atoms with Crippen LogP contribution in [-0.4, -0.2) is 42.1 Å². The Kier molecular flexibility index (Phi) is 4.81. The van der Waals surface area contributed by atoms with E-state index in [4.69, 9.17) is 13.9 Å². The van der Waals surface area contributed by atoms with Gasteiger partial charge in [0.15, 0.2) is 17.1 Å². The number of carbonyl (C=O) groups excluding carboxylic acids is 1. The van der Waals surface area contributed by atoms with Crippen LogP contribution in [0.25, 0.3) is 11.1 Å². The Morgan fingerprint density at radius 3 is 2.55 bits per heavy atom. The molecule has 0 bridgehead atoms. The lowest BCUT2D eigenvalue weighted by Gasteiger charge is -2.30. The molecule has 0 spiro atoms. The number of carbonyl (C=O) groups is 1. The highest BCUT2D eigenvalue weighted by molar-refractivity contribution is 5.95. The smallest absolute Gasteiger partial charge is 0.298 e. The second-order valence-corrected chi connectivity index (χ2v) is 7.48. The van der Waals surface area contributed by atoms with E-state index in [2.05, 4.69) is 10.3 Å². The molecule has 2 aromatic carbocycles. The number of benzene rings is 2. The molecule has 1 saturated heterocycles. The molecule has 5 rings (SSSR count). The van der Waals surface area contributed by atoms with Gasteiger partial charge in [-0.25, -0.2) is 0 Å². The third kappa shape index (κ3) is 3.72. The van der Waals surface area contributed by atoms with Crippen LogP contribution in [0.5, 0.6) is 11.5 Å². The lowest BCUT2D eigenvalue weighted by molar-refractivity contribution is -0.384. The van der Waals surface area contributed by atoms with Gasteiger partial charge in [0.1, 0.15) is 24.4 Å². The fourth-order valence-electron chi connectivity index (χ4n) is 3.89. The van der Waals surface area contributed by atoms with E-state index in [1.165, 1.54) is 12.1 Å². The van der Waals surface area contributed by atoms with Crippen LogP contribution in [0.4, 0.5) is 17.4 Å². The lowest BCUT2D eigenvalue weighted by Crippen LogP contribution is -2.38. The highest BCUT2D eigenvalue weighted by Crippen LogP contribution is 2.39. The van der Waals surface area contributed by atoms with Gasteiger partial charge in [0, 0.05) is 25.1 Å². The van der Waals surface area contributed by atoms with Crippen molar-refractivity contribution < 1.29 is 23.6 Å². The first-order valence-corrected chi connectivity index (χ1v) is 10.1. The number of anilines is 2. The van der Waals surface area contributed by atoms with Crippen molar-refractivity contribution in [3.63, 3.8) is 0 Å². The number of hydrogen-bond donors (Lipinski definition) is 1. The number of nitro groups is 1. The number of hydrogen-bond acceptors (Lipinski definition) is 8. The zero-order chi connectivity index (χ0) is 21.4. The van der Waals surface area contributed by atoms with E-state index < -0.39 is 4.92 Å². The monoisotopic (exact) mass is 424 g/mol. The van der Waals surface area contributed by atoms with Crippen LogP contribution in [0, 0.1) is 16.0 Å². The highest BCUT2D eigenvalue weighted by Gasteiger charge is 2.30. The second-order valence-electron chi connectivity index (χ2n) is 7.48. The van der Waals surface area contributed by atoms with Gasteiger partial charge in [0.05, 0.1) is 11.0 Å². The molecule has 0 saturated carbocycles. The van der Waals surface area contributed by atoms with Crippen molar-refractivity contribution in [1.29, 1.82) is 0 Å². The first-order chi connectivity index (χ1) is 15.1. The van der Waals surface area contributed by atoms with Crippen molar-refractivity contribution in [3.8, 4) is 11.5 Å². The van der Waals surface area contributed by atoms with Crippen LogP contribution in [0.15, 0.2) is 40.8 Å². The average molecular weight is 424 g/mol. The minimum absolute atomic E-state index is 0.112. The number of nitrogens with zero attached hydrogens (tertiary/aromatic N) is 3. The molecule has 1 N–H and O–H groups in total. The van der Waals surface area contributed by atoms with E-state index in [0.717, 1.165) is 11.1 Å². The fourth-order valence-corrected chi connectivity index (χ4v) is 3.89. The Morgan fingerprint density at radius 1 is 1.13 bits per heavy atom. The van der Waals surface area contributed by atoms with E-state index in [-0.39, 0.29) is 23.2 Å². The van der Waals surface area contributed by atoms with Crippen molar-refractivity contribution in [1.82, 2.24) is 4.98 Å². The Hall–Kier alpha value is -3.82. The number of piperidine rings is 1. The SMILES string of the molecule is O=C(Nc1cc2c(cc1[N+](=O)[O-])OCCO2)C1CCN(c2nc3ccccc3o2)CC1. The molecule has 160 valence electrons. The summed E-state index contributed by atoms with van der Waals surface area (Å²) in [6.07, 6.45) is 1.17. The van der Waals surface area contributed by atoms with Crippen LogP contribution in [-0.2, 0) is 4.79 Å². The van der Waals surface area contributed by atoms with Crippen molar-refractivity contribution in [2.24, 2.45) is 5.92 Å². The second kappa shape index (κ2) is 7.78. The molecule has 10 heteroatoms. The van der Waals surface area contributed by atoms with E-state index in [0.29, 0.717) is 56.7 Å². The number of oxazole rings is 1. The van der Waals surface area contributed by atoms with Crippen LogP contribution < -0.4 is 19.7 Å². The van der Waals surface area contributed by atoms with Gasteiger partial charge in [0.2, 0.25) is 5.91 Å². The predicted molar refractivity (Wildman–Crippen MR) is 112 cm³/mol. The van der Waals surface area contributed by atoms with Crippen LogP contribution >= 0.6 is 0 Å². The number of para-hydroxylation sites is 2. The van der Waals surface area contributed by atoms with Crippen LogP contribution in [0.3, 0.4) is 0 Å². The number of aromatic nitrogens is 1. The quantitative estimate of drug-likeness (QED) is 0.500. The summed E-state index contributed by atoms with van der Waals surface area (Å²) < 4.78 is 16.7. The van der Waals surface area contributed by atoms with Gasteiger partial charge in [-0.2, -0.15) is 4.98 Å². The molecule has 3 aromatic rings. The van der Waals surface area contributed by atoms with E-state index in [1.807, 2.05) is 29.2 Å². The number of ether oxygens (including phenoxy) is 2. The van der Waals surface area contributed by atoms with E-state index in [1.54, 1.807) is 0 Å². The van der Waals surface area contributed by atoms with Gasteiger partial charge in [-0.3, -0.25) is 14.9 Å². The molecular weight excluding hydrogens is 404 g/mol. The number of rotatable bonds is 4. The van der Waals surface area contributed by atoms with Crippen molar-refractivity contribution in [2.75, 3.05) is 36.5 Å². The molecule has 0 radical (unpaired) electrons. The zero-order valence-corrected chi connectivity index (χ0v) is 16.6. The summed E-state index contributed by atoms with van der Waals surface area (Å²) in [6.45, 7) is 1.89. The molecule has 2 aliphatic heterocycles. The first-order valence-electron chi connectivity index (χ1n) is 10.1. The maximum atomic E-state index is 12.8. The topological polar surface area (TPSA) is 120 Å². The lowest BCUT2D eigenvalue weighted by atomic mass is 9.96. The Labute approximate surface area is 176 Å². The van der Waals surface area contributed by atoms with Crippen molar-refractivity contribution >= 4 is 34.4 Å². The maximum absolute atomic E-state index is 12.8. The fraction of sp³-hybridized carbons (Fsp3) is 0.333. The molecule has 0 unspecified atom stereocenters. The summed E-state index contributed by atoms with van der Waals surface area (Å²) >= 11 is 0. The summed E-state index contributed by atoms with van der Waals surface area (Å²) in [5.41, 5.74) is 1.41. The standard InChI is InChI=1S/C21H20N4O6/c26-20(22-15-11-18-19(30-10-9-29-18)12-16(15)25(27)28)13-5-7-24(8-6-13)21-23-14-3-1-2-4-17(14)31-21/h1-4,11-13H,5-10H2,(H,22,26). The predicted octanol–water partition coefficient (Wildman–Crippen LogP) is 3.36. The number of fused-ring (bicyclic) bond motifs is 2. The van der Waals surface area contributed by atoms with Gasteiger partial charge in [-0.1, -0.05) is 12.1 Å². The molecule has 2 aliphatic rings. The van der Waals surface area contributed by atoms with Gasteiger partial charge in [0.25, 0.3) is 11.7 Å². The molecule has 1 amide bonds. The molecule has 1 aromatic heterocycles. The third-order valence-corrected chi connectivity index (χ3v) is 5.53. The molecule has 31 heavy (non-hydrogen) atoms. The molecule has 0 aliphatic carbocycles. The third-order valence-electron chi connectivity index (χ3n) is 5.53. The first kappa shape index (κ1) is 19.2. The summed E-state index contributed by atoms with van der Waals surface area (Å²) in [4.78, 5) is 30.3.